The molecule has 0 amide bonds. The summed E-state index contributed by atoms with van der Waals surface area (Å²) < 4.78 is 0.956. The van der Waals surface area contributed by atoms with Gasteiger partial charge in [0.15, 0.2) is 0 Å². The van der Waals surface area contributed by atoms with Crippen LogP contribution in [0.2, 0.25) is 10.0 Å². The third-order valence-corrected chi connectivity index (χ3v) is 7.95. The predicted octanol–water partition coefficient (Wildman–Crippen LogP) is 6.67. The highest BCUT2D eigenvalue weighted by Crippen LogP contribution is 2.45. The summed E-state index contributed by atoms with van der Waals surface area (Å²) in [6.07, 6.45) is 0. The molecule has 1 unspecified atom stereocenters. The van der Waals surface area contributed by atoms with Crippen molar-refractivity contribution in [1.29, 1.82) is 0 Å². The Hall–Kier alpha value is 0.940. The Morgan fingerprint density at radius 3 is 2.50 bits per heavy atom. The van der Waals surface area contributed by atoms with Gasteiger partial charge < -0.3 is 0 Å². The van der Waals surface area contributed by atoms with Crippen molar-refractivity contribution in [2.24, 2.45) is 0 Å². The first-order valence-electron chi connectivity index (χ1n) is 4.33. The van der Waals surface area contributed by atoms with E-state index in [1.807, 2.05) is 13.0 Å². The zero-order valence-corrected chi connectivity index (χ0v) is 14.4. The van der Waals surface area contributed by atoms with Crippen LogP contribution in [-0.2, 0) is 0 Å². The molecular weight excluding hydrogens is 415 g/mol. The van der Waals surface area contributed by atoms with Gasteiger partial charge in [0.2, 0.25) is 0 Å². The lowest BCUT2D eigenvalue weighted by atomic mass is 10.2. The zero-order valence-electron chi connectivity index (χ0n) is 8.06. The topological polar surface area (TPSA) is 0 Å². The molecule has 0 spiro atoms. The fraction of sp³-hybridized carbons (Fsp3) is 0.200. The van der Waals surface area contributed by atoms with E-state index in [9.17, 15) is 0 Å². The van der Waals surface area contributed by atoms with Crippen molar-refractivity contribution in [3.8, 4) is 0 Å². The molecule has 0 saturated carbocycles. The Balaban J connectivity index is 2.38. The minimum Gasteiger partial charge on any atom is -0.145 e. The Morgan fingerprint density at radius 1 is 1.38 bits per heavy atom. The molecule has 6 heteroatoms. The second-order valence-electron chi connectivity index (χ2n) is 3.23. The van der Waals surface area contributed by atoms with Crippen LogP contribution in [0.3, 0.4) is 0 Å². The highest BCUT2D eigenvalue weighted by molar-refractivity contribution is 9.11. The number of halogens is 4. The molecule has 16 heavy (non-hydrogen) atoms. The van der Waals surface area contributed by atoms with Crippen LogP contribution in [0.15, 0.2) is 15.2 Å². The summed E-state index contributed by atoms with van der Waals surface area (Å²) in [7, 11) is 0. The summed E-state index contributed by atoms with van der Waals surface area (Å²) in [5.74, 6) is 0. The molecule has 1 atom stereocenters. The average molecular weight is 421 g/mol. The standard InChI is InChI=1S/C10H6Br2Cl2S2/c1-4-3-15-9(8(4)14)7(11)6-2-5(13)10(12)16-6/h2-3,7H,1H3. The first-order chi connectivity index (χ1) is 7.50. The largest absolute Gasteiger partial charge is 0.145 e. The van der Waals surface area contributed by atoms with Gasteiger partial charge in [0, 0.05) is 9.75 Å². The van der Waals surface area contributed by atoms with Crippen LogP contribution >= 0.6 is 77.7 Å². The molecule has 0 nitrogen and oxygen atoms in total. The summed E-state index contributed by atoms with van der Waals surface area (Å²) >= 11 is 22.6. The summed E-state index contributed by atoms with van der Waals surface area (Å²) in [6.45, 7) is 2.01. The fourth-order valence-corrected chi connectivity index (χ4v) is 5.44. The van der Waals surface area contributed by atoms with Gasteiger partial charge >= 0.3 is 0 Å². The number of hydrogen-bond acceptors (Lipinski definition) is 2. The van der Waals surface area contributed by atoms with Crippen LogP contribution in [0.5, 0.6) is 0 Å². The van der Waals surface area contributed by atoms with Gasteiger partial charge in [0.25, 0.3) is 0 Å². The number of hydrogen-bond donors (Lipinski definition) is 0. The van der Waals surface area contributed by atoms with E-state index in [1.54, 1.807) is 22.7 Å². The van der Waals surface area contributed by atoms with Crippen molar-refractivity contribution in [1.82, 2.24) is 0 Å². The molecule has 0 radical (unpaired) electrons. The summed E-state index contributed by atoms with van der Waals surface area (Å²) in [5.41, 5.74) is 1.12. The van der Waals surface area contributed by atoms with Crippen LogP contribution in [-0.4, -0.2) is 0 Å². The lowest BCUT2D eigenvalue weighted by molar-refractivity contribution is 1.28. The Labute approximate surface area is 129 Å². The molecule has 2 aromatic rings. The predicted molar refractivity (Wildman–Crippen MR) is 81.9 cm³/mol. The molecule has 0 aliphatic heterocycles. The number of aryl methyl sites for hydroxylation is 1. The second-order valence-corrected chi connectivity index (χ2v) is 8.24. The first-order valence-corrected chi connectivity index (χ1v) is 8.49. The van der Waals surface area contributed by atoms with Gasteiger partial charge in [0.05, 0.1) is 18.7 Å². The number of alkyl halides is 1. The maximum Gasteiger partial charge on any atom is 0.0887 e. The Bertz CT molecular complexity index is 499. The van der Waals surface area contributed by atoms with Crippen molar-refractivity contribution < 1.29 is 0 Å². The lowest BCUT2D eigenvalue weighted by Gasteiger charge is -2.05. The van der Waals surface area contributed by atoms with Crippen molar-refractivity contribution in [2.75, 3.05) is 0 Å². The quantitative estimate of drug-likeness (QED) is 0.476. The van der Waals surface area contributed by atoms with E-state index in [4.69, 9.17) is 23.2 Å². The van der Waals surface area contributed by atoms with Crippen molar-refractivity contribution in [3.05, 3.63) is 40.6 Å². The smallest absolute Gasteiger partial charge is 0.0887 e. The van der Waals surface area contributed by atoms with Gasteiger partial charge in [-0.15, -0.1) is 22.7 Å². The SMILES string of the molecule is Cc1csc(C(Br)c2cc(Cl)c(Br)s2)c1Cl. The maximum absolute atomic E-state index is 6.24. The Kier molecular flexibility index (Phi) is 4.42. The molecule has 2 rings (SSSR count). The first kappa shape index (κ1) is 13.4. The lowest BCUT2D eigenvalue weighted by Crippen LogP contribution is -1.85. The van der Waals surface area contributed by atoms with Crippen LogP contribution in [0, 0.1) is 6.92 Å². The fourth-order valence-electron chi connectivity index (χ4n) is 1.24. The summed E-state index contributed by atoms with van der Waals surface area (Å²) in [6, 6.07) is 1.96. The van der Waals surface area contributed by atoms with E-state index in [0.717, 1.165) is 29.1 Å². The molecule has 0 saturated heterocycles. The van der Waals surface area contributed by atoms with E-state index >= 15 is 0 Å². The van der Waals surface area contributed by atoms with Crippen LogP contribution in [0.4, 0.5) is 0 Å². The number of rotatable bonds is 2. The summed E-state index contributed by atoms with van der Waals surface area (Å²) in [4.78, 5) is 2.40. The number of thiophene rings is 2. The normalized spacial score (nSPS) is 13.1. The molecule has 0 N–H and O–H groups in total. The highest BCUT2D eigenvalue weighted by Gasteiger charge is 2.20. The third-order valence-electron chi connectivity index (χ3n) is 2.07. The van der Waals surface area contributed by atoms with Gasteiger partial charge in [-0.1, -0.05) is 39.1 Å². The maximum atomic E-state index is 6.24. The summed E-state index contributed by atoms with van der Waals surface area (Å²) in [5, 5.41) is 3.65. The molecule has 0 fully saturated rings. The molecule has 0 aliphatic rings. The van der Waals surface area contributed by atoms with E-state index in [1.165, 1.54) is 0 Å². The Morgan fingerprint density at radius 2 is 2.06 bits per heavy atom. The zero-order chi connectivity index (χ0) is 11.9. The molecular formula is C10H6Br2Cl2S2. The molecule has 0 bridgehead atoms. The molecule has 2 heterocycles. The third kappa shape index (κ3) is 2.52. The average Bonchev–Trinajstić information content (AvgIpc) is 2.73. The van der Waals surface area contributed by atoms with E-state index in [0.29, 0.717) is 0 Å². The van der Waals surface area contributed by atoms with Crippen LogP contribution in [0.25, 0.3) is 0 Å². The van der Waals surface area contributed by atoms with Crippen molar-refractivity contribution in [3.63, 3.8) is 0 Å². The van der Waals surface area contributed by atoms with E-state index < -0.39 is 0 Å². The van der Waals surface area contributed by atoms with Crippen LogP contribution < -0.4 is 0 Å². The van der Waals surface area contributed by atoms with Crippen molar-refractivity contribution >= 4 is 77.7 Å². The molecule has 86 valence electrons. The van der Waals surface area contributed by atoms with Gasteiger partial charge in [0.1, 0.15) is 0 Å². The highest BCUT2D eigenvalue weighted by atomic mass is 79.9. The van der Waals surface area contributed by atoms with Crippen molar-refractivity contribution in [2.45, 2.75) is 11.8 Å². The van der Waals surface area contributed by atoms with Gasteiger partial charge in [-0.05, 0) is 39.9 Å². The van der Waals surface area contributed by atoms with Crippen LogP contribution in [0.1, 0.15) is 20.1 Å². The van der Waals surface area contributed by atoms with Gasteiger partial charge in [-0.25, -0.2) is 0 Å². The van der Waals surface area contributed by atoms with E-state index in [-0.39, 0.29) is 4.83 Å². The molecule has 0 aromatic carbocycles. The minimum absolute atomic E-state index is 0.118. The molecule has 2 aromatic heterocycles. The van der Waals surface area contributed by atoms with E-state index in [2.05, 4.69) is 37.2 Å². The molecule has 0 aliphatic carbocycles. The monoisotopic (exact) mass is 418 g/mol. The van der Waals surface area contributed by atoms with Gasteiger partial charge in [-0.2, -0.15) is 0 Å². The van der Waals surface area contributed by atoms with Gasteiger partial charge in [-0.3, -0.25) is 0 Å². The minimum atomic E-state index is 0.118. The second kappa shape index (κ2) is 5.29.